The zero-order chi connectivity index (χ0) is 14.4. The molecule has 0 aliphatic rings. The summed E-state index contributed by atoms with van der Waals surface area (Å²) < 4.78 is 5.18. The van der Waals surface area contributed by atoms with Gasteiger partial charge < -0.3 is 15.0 Å². The van der Waals surface area contributed by atoms with E-state index in [-0.39, 0.29) is 6.03 Å². The quantitative estimate of drug-likeness (QED) is 0.919. The molecule has 1 N–H and O–H groups in total. The molecule has 0 saturated heterocycles. The fourth-order valence-corrected chi connectivity index (χ4v) is 2.47. The van der Waals surface area contributed by atoms with E-state index in [2.05, 4.69) is 5.32 Å². The van der Waals surface area contributed by atoms with Crippen molar-refractivity contribution in [2.24, 2.45) is 0 Å². The van der Waals surface area contributed by atoms with Crippen LogP contribution < -0.4 is 10.1 Å². The first-order valence-corrected chi connectivity index (χ1v) is 7.21. The SMILES string of the molecule is COc1cccc(CN(C)C(=O)NCc2cccs2)c1. The van der Waals surface area contributed by atoms with Crippen LogP contribution in [0.4, 0.5) is 4.79 Å². The fourth-order valence-electron chi connectivity index (χ4n) is 1.83. The predicted molar refractivity (Wildman–Crippen MR) is 81.0 cm³/mol. The van der Waals surface area contributed by atoms with E-state index >= 15 is 0 Å². The van der Waals surface area contributed by atoms with Crippen LogP contribution >= 0.6 is 11.3 Å². The number of hydrogen-bond donors (Lipinski definition) is 1. The van der Waals surface area contributed by atoms with Crippen molar-refractivity contribution >= 4 is 17.4 Å². The largest absolute Gasteiger partial charge is 0.497 e. The van der Waals surface area contributed by atoms with Gasteiger partial charge in [-0.25, -0.2) is 4.79 Å². The molecule has 0 fully saturated rings. The Labute approximate surface area is 123 Å². The molecule has 5 heteroatoms. The standard InChI is InChI=1S/C15H18N2O2S/c1-17(11-12-5-3-6-13(9-12)19-2)15(18)16-10-14-7-4-8-20-14/h3-9H,10-11H2,1-2H3,(H,16,18). The van der Waals surface area contributed by atoms with E-state index in [0.717, 1.165) is 16.2 Å². The van der Waals surface area contributed by atoms with E-state index in [1.807, 2.05) is 41.8 Å². The molecule has 0 aliphatic carbocycles. The number of nitrogens with zero attached hydrogens (tertiary/aromatic N) is 1. The lowest BCUT2D eigenvalue weighted by atomic mass is 10.2. The van der Waals surface area contributed by atoms with Crippen molar-refractivity contribution < 1.29 is 9.53 Å². The lowest BCUT2D eigenvalue weighted by Crippen LogP contribution is -2.36. The Hall–Kier alpha value is -2.01. The molecule has 0 saturated carbocycles. The van der Waals surface area contributed by atoms with Gasteiger partial charge in [-0.05, 0) is 29.1 Å². The minimum Gasteiger partial charge on any atom is -0.497 e. The normalized spacial score (nSPS) is 10.1. The maximum absolute atomic E-state index is 12.0. The average molecular weight is 290 g/mol. The summed E-state index contributed by atoms with van der Waals surface area (Å²) in [6.45, 7) is 1.12. The van der Waals surface area contributed by atoms with Crippen LogP contribution in [-0.2, 0) is 13.1 Å². The van der Waals surface area contributed by atoms with Crippen molar-refractivity contribution in [3.8, 4) is 5.75 Å². The van der Waals surface area contributed by atoms with Crippen molar-refractivity contribution in [2.45, 2.75) is 13.1 Å². The van der Waals surface area contributed by atoms with Crippen LogP contribution in [0, 0.1) is 0 Å². The van der Waals surface area contributed by atoms with Crippen LogP contribution in [0.3, 0.4) is 0 Å². The van der Waals surface area contributed by atoms with Crippen LogP contribution in [0.25, 0.3) is 0 Å². The molecular formula is C15H18N2O2S. The summed E-state index contributed by atoms with van der Waals surface area (Å²) in [5, 5.41) is 4.90. The van der Waals surface area contributed by atoms with Gasteiger partial charge in [-0.15, -0.1) is 11.3 Å². The highest BCUT2D eigenvalue weighted by Gasteiger charge is 2.09. The molecule has 1 heterocycles. The van der Waals surface area contributed by atoms with Gasteiger partial charge in [-0.2, -0.15) is 0 Å². The van der Waals surface area contributed by atoms with Gasteiger partial charge in [-0.1, -0.05) is 18.2 Å². The number of thiophene rings is 1. The minimum atomic E-state index is -0.0822. The molecule has 2 amide bonds. The Balaban J connectivity index is 1.86. The van der Waals surface area contributed by atoms with Gasteiger partial charge in [0.1, 0.15) is 5.75 Å². The summed E-state index contributed by atoms with van der Waals surface area (Å²) in [6.07, 6.45) is 0. The third-order valence-corrected chi connectivity index (χ3v) is 3.77. The van der Waals surface area contributed by atoms with Gasteiger partial charge >= 0.3 is 6.03 Å². The smallest absolute Gasteiger partial charge is 0.317 e. The van der Waals surface area contributed by atoms with E-state index in [4.69, 9.17) is 4.74 Å². The third-order valence-electron chi connectivity index (χ3n) is 2.89. The molecule has 0 radical (unpaired) electrons. The third kappa shape index (κ3) is 3.99. The summed E-state index contributed by atoms with van der Waals surface area (Å²) in [5.74, 6) is 0.801. The van der Waals surface area contributed by atoms with Gasteiger partial charge in [0.05, 0.1) is 13.7 Å². The summed E-state index contributed by atoms with van der Waals surface area (Å²) in [7, 11) is 3.42. The van der Waals surface area contributed by atoms with E-state index in [0.29, 0.717) is 13.1 Å². The van der Waals surface area contributed by atoms with Gasteiger partial charge in [0, 0.05) is 18.5 Å². The number of hydrogen-bond acceptors (Lipinski definition) is 3. The van der Waals surface area contributed by atoms with Gasteiger partial charge in [0.15, 0.2) is 0 Å². The monoisotopic (exact) mass is 290 g/mol. The lowest BCUT2D eigenvalue weighted by molar-refractivity contribution is 0.206. The van der Waals surface area contributed by atoms with E-state index < -0.39 is 0 Å². The van der Waals surface area contributed by atoms with E-state index in [1.165, 1.54) is 0 Å². The molecule has 2 aromatic rings. The van der Waals surface area contributed by atoms with Crippen LogP contribution in [0.5, 0.6) is 5.75 Å². The Morgan fingerprint density at radius 1 is 1.35 bits per heavy atom. The molecule has 1 aromatic carbocycles. The fraction of sp³-hybridized carbons (Fsp3) is 0.267. The second kappa shape index (κ2) is 6.96. The van der Waals surface area contributed by atoms with E-state index in [1.54, 1.807) is 30.4 Å². The van der Waals surface area contributed by atoms with E-state index in [9.17, 15) is 4.79 Å². The number of rotatable bonds is 5. The first-order valence-electron chi connectivity index (χ1n) is 6.33. The Morgan fingerprint density at radius 3 is 2.90 bits per heavy atom. The number of benzene rings is 1. The summed E-state index contributed by atoms with van der Waals surface area (Å²) >= 11 is 1.64. The number of methoxy groups -OCH3 is 1. The molecule has 1 aromatic heterocycles. The van der Waals surface area contributed by atoms with Crippen LogP contribution in [-0.4, -0.2) is 25.1 Å². The maximum Gasteiger partial charge on any atom is 0.317 e. The second-order valence-corrected chi connectivity index (χ2v) is 5.48. The Bertz CT molecular complexity index is 555. The first kappa shape index (κ1) is 14.4. The molecule has 0 atom stereocenters. The van der Waals surface area contributed by atoms with Crippen LogP contribution in [0.2, 0.25) is 0 Å². The number of amides is 2. The number of nitrogens with one attached hydrogen (secondary N) is 1. The average Bonchev–Trinajstić information content (AvgIpc) is 2.98. The lowest BCUT2D eigenvalue weighted by Gasteiger charge is -2.18. The summed E-state index contributed by atoms with van der Waals surface area (Å²) in [6, 6.07) is 11.6. The highest BCUT2D eigenvalue weighted by Crippen LogP contribution is 2.14. The first-order chi connectivity index (χ1) is 9.69. The van der Waals surface area contributed by atoms with Crippen LogP contribution in [0.15, 0.2) is 41.8 Å². The molecule has 0 unspecified atom stereocenters. The summed E-state index contributed by atoms with van der Waals surface area (Å²) in [5.41, 5.74) is 1.04. The zero-order valence-electron chi connectivity index (χ0n) is 11.6. The minimum absolute atomic E-state index is 0.0822. The van der Waals surface area contributed by atoms with Gasteiger partial charge in [-0.3, -0.25) is 0 Å². The molecule has 106 valence electrons. The molecule has 0 aliphatic heterocycles. The molecule has 20 heavy (non-hydrogen) atoms. The highest BCUT2D eigenvalue weighted by molar-refractivity contribution is 7.09. The Kier molecular flexibility index (Phi) is 5.01. The van der Waals surface area contributed by atoms with Gasteiger partial charge in [0.25, 0.3) is 0 Å². The number of ether oxygens (including phenoxy) is 1. The van der Waals surface area contributed by atoms with Crippen molar-refractivity contribution in [3.63, 3.8) is 0 Å². The van der Waals surface area contributed by atoms with Crippen molar-refractivity contribution in [2.75, 3.05) is 14.2 Å². The predicted octanol–water partition coefficient (Wildman–Crippen LogP) is 3.10. The highest BCUT2D eigenvalue weighted by atomic mass is 32.1. The van der Waals surface area contributed by atoms with Gasteiger partial charge in [0.2, 0.25) is 0 Å². The molecule has 4 nitrogen and oxygen atoms in total. The van der Waals surface area contributed by atoms with Crippen LogP contribution in [0.1, 0.15) is 10.4 Å². The molecular weight excluding hydrogens is 272 g/mol. The molecule has 2 rings (SSSR count). The molecule has 0 spiro atoms. The number of carbonyl (C=O) groups excluding carboxylic acids is 1. The number of urea groups is 1. The van der Waals surface area contributed by atoms with Crippen molar-refractivity contribution in [1.29, 1.82) is 0 Å². The topological polar surface area (TPSA) is 41.6 Å². The maximum atomic E-state index is 12.0. The van der Waals surface area contributed by atoms with Crippen molar-refractivity contribution in [1.82, 2.24) is 10.2 Å². The summed E-state index contributed by atoms with van der Waals surface area (Å²) in [4.78, 5) is 14.8. The second-order valence-electron chi connectivity index (χ2n) is 4.45. The van der Waals surface area contributed by atoms with Crippen molar-refractivity contribution in [3.05, 3.63) is 52.2 Å². The number of carbonyl (C=O) groups is 1. The molecule has 0 bridgehead atoms. The zero-order valence-corrected chi connectivity index (χ0v) is 12.4. The Morgan fingerprint density at radius 2 is 2.20 bits per heavy atom.